The first-order chi connectivity index (χ1) is 12.8. The monoisotopic (exact) mass is 406 g/mol. The molecule has 2 aromatic carbocycles. The van der Waals surface area contributed by atoms with E-state index >= 15 is 0 Å². The van der Waals surface area contributed by atoms with Crippen LogP contribution in [0.15, 0.2) is 53.4 Å². The van der Waals surface area contributed by atoms with Gasteiger partial charge in [0.1, 0.15) is 5.75 Å². The summed E-state index contributed by atoms with van der Waals surface area (Å²) in [5.74, 6) is 0.799. The van der Waals surface area contributed by atoms with Gasteiger partial charge in [-0.3, -0.25) is 9.10 Å². The number of hydrogen-bond donors (Lipinski definition) is 1. The topological polar surface area (TPSA) is 75.7 Å². The van der Waals surface area contributed by atoms with E-state index in [1.165, 1.54) is 4.31 Å². The van der Waals surface area contributed by atoms with Crippen LogP contribution in [0, 0.1) is 6.92 Å². The molecule has 1 aliphatic heterocycles. The Morgan fingerprint density at radius 3 is 2.70 bits per heavy atom. The molecule has 3 rings (SSSR count). The fraction of sp³-hybridized carbons (Fsp3) is 0.316. The highest BCUT2D eigenvalue weighted by Crippen LogP contribution is 2.35. The first kappa shape index (κ1) is 19.6. The van der Waals surface area contributed by atoms with E-state index in [0.717, 1.165) is 16.7 Å². The molecule has 0 spiro atoms. The Hall–Kier alpha value is -2.19. The summed E-state index contributed by atoms with van der Waals surface area (Å²) in [5, 5.41) is 2.83. The van der Waals surface area contributed by atoms with E-state index in [1.807, 2.05) is 43.3 Å². The van der Waals surface area contributed by atoms with Crippen LogP contribution in [0.1, 0.15) is 5.56 Å². The smallest absolute Gasteiger partial charge is 0.263 e. The molecule has 1 amide bonds. The van der Waals surface area contributed by atoms with Crippen molar-refractivity contribution in [1.82, 2.24) is 5.32 Å². The zero-order valence-electron chi connectivity index (χ0n) is 15.2. The SMILES string of the molecule is Cc1ccc2c(c1)N(S(C)(=O)=O)C[C@@H](C(=O)NCCSc1ccccc1)O2. The number of sulfonamides is 1. The summed E-state index contributed by atoms with van der Waals surface area (Å²) >= 11 is 1.64. The molecule has 1 heterocycles. The van der Waals surface area contributed by atoms with Crippen LogP contribution in [0.25, 0.3) is 0 Å². The van der Waals surface area contributed by atoms with E-state index in [2.05, 4.69) is 5.32 Å². The molecule has 0 aromatic heterocycles. The number of amides is 1. The number of aryl methyl sites for hydroxylation is 1. The summed E-state index contributed by atoms with van der Waals surface area (Å²) in [4.78, 5) is 13.6. The van der Waals surface area contributed by atoms with Gasteiger partial charge in [0.05, 0.1) is 18.5 Å². The van der Waals surface area contributed by atoms with Crippen LogP contribution in [-0.4, -0.2) is 45.5 Å². The van der Waals surface area contributed by atoms with Crippen LogP contribution in [0.2, 0.25) is 0 Å². The van der Waals surface area contributed by atoms with Crippen molar-refractivity contribution in [2.45, 2.75) is 17.9 Å². The van der Waals surface area contributed by atoms with E-state index in [-0.39, 0.29) is 12.5 Å². The molecule has 1 atom stereocenters. The fourth-order valence-electron chi connectivity index (χ4n) is 2.79. The normalized spacial score (nSPS) is 16.4. The number of ether oxygens (including phenoxy) is 1. The molecule has 8 heteroatoms. The van der Waals surface area contributed by atoms with Gasteiger partial charge in [-0.05, 0) is 36.8 Å². The lowest BCUT2D eigenvalue weighted by Gasteiger charge is -2.34. The summed E-state index contributed by atoms with van der Waals surface area (Å²) in [7, 11) is -3.51. The summed E-state index contributed by atoms with van der Waals surface area (Å²) in [6.45, 7) is 2.31. The molecule has 1 aliphatic rings. The molecule has 27 heavy (non-hydrogen) atoms. The largest absolute Gasteiger partial charge is 0.476 e. The van der Waals surface area contributed by atoms with Crippen molar-refractivity contribution in [3.8, 4) is 5.75 Å². The second-order valence-electron chi connectivity index (χ2n) is 6.32. The number of hydrogen-bond acceptors (Lipinski definition) is 5. The molecule has 2 aromatic rings. The summed E-state index contributed by atoms with van der Waals surface area (Å²) in [5.41, 5.74) is 1.40. The number of carbonyl (C=O) groups is 1. The maximum Gasteiger partial charge on any atom is 0.263 e. The third kappa shape index (κ3) is 4.95. The highest BCUT2D eigenvalue weighted by molar-refractivity contribution is 7.99. The quantitative estimate of drug-likeness (QED) is 0.589. The molecular weight excluding hydrogens is 384 g/mol. The van der Waals surface area contributed by atoms with Crippen LogP contribution < -0.4 is 14.4 Å². The van der Waals surface area contributed by atoms with Crippen molar-refractivity contribution in [1.29, 1.82) is 0 Å². The highest BCUT2D eigenvalue weighted by Gasteiger charge is 2.34. The van der Waals surface area contributed by atoms with Gasteiger partial charge in [-0.25, -0.2) is 8.42 Å². The van der Waals surface area contributed by atoms with E-state index in [9.17, 15) is 13.2 Å². The van der Waals surface area contributed by atoms with Gasteiger partial charge in [0.15, 0.2) is 6.10 Å². The van der Waals surface area contributed by atoms with Gasteiger partial charge < -0.3 is 10.1 Å². The van der Waals surface area contributed by atoms with Gasteiger partial charge in [-0.2, -0.15) is 0 Å². The van der Waals surface area contributed by atoms with Crippen LogP contribution in [-0.2, 0) is 14.8 Å². The number of nitrogens with zero attached hydrogens (tertiary/aromatic N) is 1. The van der Waals surface area contributed by atoms with Crippen molar-refractivity contribution in [3.63, 3.8) is 0 Å². The van der Waals surface area contributed by atoms with Crippen molar-refractivity contribution in [3.05, 3.63) is 54.1 Å². The number of fused-ring (bicyclic) bond motifs is 1. The van der Waals surface area contributed by atoms with Gasteiger partial charge >= 0.3 is 0 Å². The average molecular weight is 407 g/mol. The third-order valence-electron chi connectivity index (χ3n) is 4.09. The molecule has 0 saturated heterocycles. The van der Waals surface area contributed by atoms with Crippen molar-refractivity contribution in [2.24, 2.45) is 0 Å². The van der Waals surface area contributed by atoms with Gasteiger partial charge in [0.25, 0.3) is 5.91 Å². The Balaban J connectivity index is 1.63. The summed E-state index contributed by atoms with van der Waals surface area (Å²) in [6, 6.07) is 15.2. The maximum atomic E-state index is 12.5. The van der Waals surface area contributed by atoms with Crippen LogP contribution >= 0.6 is 11.8 Å². The van der Waals surface area contributed by atoms with Crippen LogP contribution in [0.4, 0.5) is 5.69 Å². The Bertz CT molecular complexity index is 917. The Morgan fingerprint density at radius 1 is 1.26 bits per heavy atom. The predicted octanol–water partition coefficient (Wildman–Crippen LogP) is 2.43. The molecule has 0 saturated carbocycles. The predicted molar refractivity (Wildman–Crippen MR) is 108 cm³/mol. The lowest BCUT2D eigenvalue weighted by molar-refractivity contribution is -0.127. The molecule has 1 N–H and O–H groups in total. The number of benzene rings is 2. The minimum absolute atomic E-state index is 0.0348. The number of rotatable bonds is 6. The Morgan fingerprint density at radius 2 is 2.00 bits per heavy atom. The lowest BCUT2D eigenvalue weighted by atomic mass is 10.1. The summed E-state index contributed by atoms with van der Waals surface area (Å²) in [6.07, 6.45) is 0.257. The van der Waals surface area contributed by atoms with Crippen molar-refractivity contribution >= 4 is 33.4 Å². The zero-order valence-corrected chi connectivity index (χ0v) is 16.8. The van der Waals surface area contributed by atoms with Crippen molar-refractivity contribution < 1.29 is 17.9 Å². The second-order valence-corrected chi connectivity index (χ2v) is 9.40. The third-order valence-corrected chi connectivity index (χ3v) is 6.25. The number of nitrogens with one attached hydrogen (secondary N) is 1. The van der Waals surface area contributed by atoms with E-state index < -0.39 is 16.1 Å². The second kappa shape index (κ2) is 8.22. The van der Waals surface area contributed by atoms with Crippen LogP contribution in [0.5, 0.6) is 5.75 Å². The summed E-state index contributed by atoms with van der Waals surface area (Å²) < 4.78 is 31.4. The average Bonchev–Trinajstić information content (AvgIpc) is 2.64. The molecular formula is C19H22N2O4S2. The van der Waals surface area contributed by atoms with Gasteiger partial charge in [0.2, 0.25) is 10.0 Å². The molecule has 144 valence electrons. The molecule has 0 radical (unpaired) electrons. The number of anilines is 1. The molecule has 0 bridgehead atoms. The van der Waals surface area contributed by atoms with Gasteiger partial charge in [-0.1, -0.05) is 24.3 Å². The standard InChI is InChI=1S/C19H22N2O4S2/c1-14-8-9-17-16(12-14)21(27(2,23)24)13-18(25-17)19(22)20-10-11-26-15-6-4-3-5-7-15/h3-9,12,18H,10-11,13H2,1-2H3,(H,20,22)/t18-/m0/s1. The minimum atomic E-state index is -3.51. The number of thioether (sulfide) groups is 1. The first-order valence-corrected chi connectivity index (χ1v) is 11.4. The van der Waals surface area contributed by atoms with E-state index in [1.54, 1.807) is 23.9 Å². The molecule has 0 unspecified atom stereocenters. The van der Waals surface area contributed by atoms with Gasteiger partial charge in [0, 0.05) is 17.2 Å². The molecule has 0 fully saturated rings. The van der Waals surface area contributed by atoms with Crippen molar-refractivity contribution in [2.75, 3.05) is 29.4 Å². The lowest BCUT2D eigenvalue weighted by Crippen LogP contribution is -2.50. The van der Waals surface area contributed by atoms with Crippen LogP contribution in [0.3, 0.4) is 0 Å². The number of carbonyl (C=O) groups excluding carboxylic acids is 1. The van der Waals surface area contributed by atoms with Gasteiger partial charge in [-0.15, -0.1) is 11.8 Å². The van der Waals surface area contributed by atoms with E-state index in [4.69, 9.17) is 4.74 Å². The zero-order chi connectivity index (χ0) is 19.4. The highest BCUT2D eigenvalue weighted by atomic mass is 32.2. The first-order valence-electron chi connectivity index (χ1n) is 8.55. The minimum Gasteiger partial charge on any atom is -0.476 e. The molecule has 0 aliphatic carbocycles. The Labute approximate surface area is 164 Å². The molecule has 6 nitrogen and oxygen atoms in total. The van der Waals surface area contributed by atoms with E-state index in [0.29, 0.717) is 23.7 Å². The fourth-order valence-corrected chi connectivity index (χ4v) is 4.48. The maximum absolute atomic E-state index is 12.5. The Kier molecular flexibility index (Phi) is 5.96.